The minimum atomic E-state index is -0.440. The van der Waals surface area contributed by atoms with Gasteiger partial charge < -0.3 is 10.0 Å². The number of amides is 1. The highest BCUT2D eigenvalue weighted by Gasteiger charge is 2.27. The number of benzene rings is 1. The summed E-state index contributed by atoms with van der Waals surface area (Å²) in [5.74, 6) is -0.158. The van der Waals surface area contributed by atoms with Crippen LogP contribution in [0.5, 0.6) is 0 Å². The Balaban J connectivity index is 1.86. The highest BCUT2D eigenvalue weighted by Crippen LogP contribution is 2.17. The highest BCUT2D eigenvalue weighted by molar-refractivity contribution is 5.93. The molecule has 0 saturated carbocycles. The second-order valence-electron chi connectivity index (χ2n) is 5.82. The van der Waals surface area contributed by atoms with Gasteiger partial charge in [-0.2, -0.15) is 0 Å². The van der Waals surface area contributed by atoms with Crippen LogP contribution in [0.1, 0.15) is 34.6 Å². The number of carbonyl (C=O) groups is 1. The third-order valence-electron chi connectivity index (χ3n) is 4.06. The lowest BCUT2D eigenvalue weighted by Crippen LogP contribution is -2.42. The lowest BCUT2D eigenvalue weighted by atomic mass is 10.1. The van der Waals surface area contributed by atoms with Crippen molar-refractivity contribution in [2.24, 2.45) is 0 Å². The molecular weight excluding hydrogens is 280 g/mol. The first-order valence-electron chi connectivity index (χ1n) is 7.53. The molecule has 6 heteroatoms. The molecule has 116 valence electrons. The van der Waals surface area contributed by atoms with Gasteiger partial charge in [0.2, 0.25) is 0 Å². The van der Waals surface area contributed by atoms with Crippen molar-refractivity contribution in [3.05, 3.63) is 41.2 Å². The number of aryl methyl sites for hydroxylation is 1. The number of likely N-dealkylation sites (tertiary alicyclic amines) is 1. The standard InChI is InChI=1S/C16H20N4O2/c1-11-5-7-13(8-6-11)20-12(2)15(17-18-20)16(22)19-9-3-4-14(21)10-19/h5-8,14,21H,3-4,9-10H2,1-2H3. The predicted octanol–water partition coefficient (Wildman–Crippen LogP) is 1.48. The minimum absolute atomic E-state index is 0.158. The van der Waals surface area contributed by atoms with E-state index in [0.29, 0.717) is 24.5 Å². The average Bonchev–Trinajstić information content (AvgIpc) is 2.89. The molecule has 1 atom stereocenters. The van der Waals surface area contributed by atoms with E-state index in [0.717, 1.165) is 18.5 Å². The smallest absolute Gasteiger partial charge is 0.276 e. The SMILES string of the molecule is Cc1ccc(-n2nnc(C(=O)N3CCCC(O)C3)c2C)cc1. The van der Waals surface area contributed by atoms with Crippen LogP contribution in [0.2, 0.25) is 0 Å². The van der Waals surface area contributed by atoms with Crippen molar-refractivity contribution in [2.75, 3.05) is 13.1 Å². The van der Waals surface area contributed by atoms with Gasteiger partial charge in [-0.25, -0.2) is 4.68 Å². The van der Waals surface area contributed by atoms with Gasteiger partial charge in [0.15, 0.2) is 5.69 Å². The molecule has 2 aromatic rings. The summed E-state index contributed by atoms with van der Waals surface area (Å²) >= 11 is 0. The number of hydrogen-bond donors (Lipinski definition) is 1. The van der Waals surface area contributed by atoms with Crippen LogP contribution in [0.4, 0.5) is 0 Å². The van der Waals surface area contributed by atoms with E-state index < -0.39 is 6.10 Å². The van der Waals surface area contributed by atoms with E-state index in [9.17, 15) is 9.90 Å². The normalized spacial score (nSPS) is 18.5. The van der Waals surface area contributed by atoms with Gasteiger partial charge in [-0.15, -0.1) is 5.10 Å². The lowest BCUT2D eigenvalue weighted by molar-refractivity contribution is 0.0468. The van der Waals surface area contributed by atoms with Crippen LogP contribution in [0.15, 0.2) is 24.3 Å². The van der Waals surface area contributed by atoms with Gasteiger partial charge in [0, 0.05) is 13.1 Å². The number of β-amino-alcohol motifs (C(OH)–C–C–N with tert-alkyl or cyclic N) is 1. The van der Waals surface area contributed by atoms with Crippen molar-refractivity contribution >= 4 is 5.91 Å². The Morgan fingerprint density at radius 2 is 2.00 bits per heavy atom. The van der Waals surface area contributed by atoms with E-state index in [4.69, 9.17) is 0 Å². The van der Waals surface area contributed by atoms with Crippen molar-refractivity contribution in [1.29, 1.82) is 0 Å². The first-order chi connectivity index (χ1) is 10.6. The van der Waals surface area contributed by atoms with Gasteiger partial charge >= 0.3 is 0 Å². The molecule has 1 aromatic carbocycles. The zero-order chi connectivity index (χ0) is 15.7. The first kappa shape index (κ1) is 14.7. The van der Waals surface area contributed by atoms with Gasteiger partial charge in [0.25, 0.3) is 5.91 Å². The van der Waals surface area contributed by atoms with Crippen LogP contribution >= 0.6 is 0 Å². The molecular formula is C16H20N4O2. The summed E-state index contributed by atoms with van der Waals surface area (Å²) in [4.78, 5) is 14.2. The summed E-state index contributed by atoms with van der Waals surface area (Å²) < 4.78 is 1.67. The molecule has 1 aliphatic heterocycles. The van der Waals surface area contributed by atoms with Crippen molar-refractivity contribution in [3.8, 4) is 5.69 Å². The first-order valence-corrected chi connectivity index (χ1v) is 7.53. The maximum absolute atomic E-state index is 12.6. The molecule has 0 aliphatic carbocycles. The van der Waals surface area contributed by atoms with Crippen molar-refractivity contribution < 1.29 is 9.90 Å². The molecule has 6 nitrogen and oxygen atoms in total. The summed E-state index contributed by atoms with van der Waals surface area (Å²) in [6.45, 7) is 4.89. The number of aromatic nitrogens is 3. The molecule has 1 amide bonds. The lowest BCUT2D eigenvalue weighted by Gasteiger charge is -2.29. The van der Waals surface area contributed by atoms with Gasteiger partial charge in [-0.1, -0.05) is 22.9 Å². The maximum atomic E-state index is 12.6. The molecule has 1 fully saturated rings. The van der Waals surface area contributed by atoms with Crippen LogP contribution in [0.3, 0.4) is 0 Å². The number of rotatable bonds is 2. The average molecular weight is 300 g/mol. The number of hydrogen-bond acceptors (Lipinski definition) is 4. The Kier molecular flexibility index (Phi) is 3.94. The third-order valence-corrected chi connectivity index (χ3v) is 4.06. The summed E-state index contributed by atoms with van der Waals surface area (Å²) in [6.07, 6.45) is 1.13. The van der Waals surface area contributed by atoms with Gasteiger partial charge in [-0.3, -0.25) is 4.79 Å². The number of aliphatic hydroxyl groups excluding tert-OH is 1. The molecule has 2 heterocycles. The summed E-state index contributed by atoms with van der Waals surface area (Å²) in [7, 11) is 0. The van der Waals surface area contributed by atoms with E-state index in [1.54, 1.807) is 9.58 Å². The molecule has 22 heavy (non-hydrogen) atoms. The van der Waals surface area contributed by atoms with Crippen molar-refractivity contribution in [2.45, 2.75) is 32.8 Å². The molecule has 1 saturated heterocycles. The van der Waals surface area contributed by atoms with E-state index in [1.807, 2.05) is 38.1 Å². The second-order valence-corrected chi connectivity index (χ2v) is 5.82. The summed E-state index contributed by atoms with van der Waals surface area (Å²) in [5, 5.41) is 17.9. The molecule has 1 aliphatic rings. The maximum Gasteiger partial charge on any atom is 0.276 e. The predicted molar refractivity (Wildman–Crippen MR) is 82.0 cm³/mol. The molecule has 3 rings (SSSR count). The number of nitrogens with zero attached hydrogens (tertiary/aromatic N) is 4. The van der Waals surface area contributed by atoms with Crippen LogP contribution in [0.25, 0.3) is 5.69 Å². The number of piperidine rings is 1. The highest BCUT2D eigenvalue weighted by atomic mass is 16.3. The topological polar surface area (TPSA) is 71.2 Å². The zero-order valence-electron chi connectivity index (χ0n) is 12.9. The fourth-order valence-corrected chi connectivity index (χ4v) is 2.75. The van der Waals surface area contributed by atoms with Gasteiger partial charge in [0.1, 0.15) is 0 Å². The molecule has 1 unspecified atom stereocenters. The minimum Gasteiger partial charge on any atom is -0.391 e. The summed E-state index contributed by atoms with van der Waals surface area (Å²) in [5.41, 5.74) is 3.12. The van der Waals surface area contributed by atoms with Gasteiger partial charge in [-0.05, 0) is 38.8 Å². The molecule has 0 spiro atoms. The fraction of sp³-hybridized carbons (Fsp3) is 0.438. The fourth-order valence-electron chi connectivity index (χ4n) is 2.75. The molecule has 1 N–H and O–H groups in total. The van der Waals surface area contributed by atoms with Crippen molar-refractivity contribution in [1.82, 2.24) is 19.9 Å². The van der Waals surface area contributed by atoms with Crippen LogP contribution < -0.4 is 0 Å². The Morgan fingerprint density at radius 1 is 1.27 bits per heavy atom. The largest absolute Gasteiger partial charge is 0.391 e. The Hall–Kier alpha value is -2.21. The van der Waals surface area contributed by atoms with Gasteiger partial charge in [0.05, 0.1) is 17.5 Å². The second kappa shape index (κ2) is 5.88. The van der Waals surface area contributed by atoms with E-state index in [-0.39, 0.29) is 5.91 Å². The summed E-state index contributed by atoms with van der Waals surface area (Å²) in [6, 6.07) is 7.91. The van der Waals surface area contributed by atoms with E-state index in [1.165, 1.54) is 5.56 Å². The number of aliphatic hydroxyl groups is 1. The van der Waals surface area contributed by atoms with Crippen molar-refractivity contribution in [3.63, 3.8) is 0 Å². The monoisotopic (exact) mass is 300 g/mol. The quantitative estimate of drug-likeness (QED) is 0.912. The van der Waals surface area contributed by atoms with E-state index in [2.05, 4.69) is 10.3 Å². The zero-order valence-corrected chi connectivity index (χ0v) is 12.9. The van der Waals surface area contributed by atoms with E-state index >= 15 is 0 Å². The molecule has 0 radical (unpaired) electrons. The van der Waals surface area contributed by atoms with Crippen LogP contribution in [-0.2, 0) is 0 Å². The molecule has 1 aromatic heterocycles. The number of carbonyl (C=O) groups excluding carboxylic acids is 1. The third kappa shape index (κ3) is 2.74. The Labute approximate surface area is 129 Å². The Morgan fingerprint density at radius 3 is 2.68 bits per heavy atom. The van der Waals surface area contributed by atoms with Crippen LogP contribution in [0, 0.1) is 13.8 Å². The Bertz CT molecular complexity index is 678. The van der Waals surface area contributed by atoms with Crippen LogP contribution in [-0.4, -0.2) is 50.1 Å². The molecule has 0 bridgehead atoms.